The molecule has 0 saturated carbocycles. The van der Waals surface area contributed by atoms with Crippen molar-refractivity contribution in [1.29, 1.82) is 0 Å². The minimum atomic E-state index is -0.345. The summed E-state index contributed by atoms with van der Waals surface area (Å²) in [4.78, 5) is 36.4. The van der Waals surface area contributed by atoms with Gasteiger partial charge in [-0.25, -0.2) is 4.39 Å². The van der Waals surface area contributed by atoms with Crippen molar-refractivity contribution < 1.29 is 9.18 Å². The standard InChI is InChI=1S/C38H40ClFN6O2S/c1-27(32-21-41-42-22-32)35-24-46(38(43-37(35)48)49-26-29-7-15-34(40)16-8-29)25-36(47)45(20-4-19-44-17-2-3-18-44)23-28-5-9-30(10-6-28)31-11-13-33(39)14-12-31/h5-16,21-22,24,27H,2-4,17-20,23,25-26H2,1H3,(H,41,42). The Bertz CT molecular complexity index is 1880. The Kier molecular flexibility index (Phi) is 11.6. The lowest BCUT2D eigenvalue weighted by molar-refractivity contribution is -0.132. The molecule has 0 spiro atoms. The second kappa shape index (κ2) is 16.4. The first kappa shape index (κ1) is 34.6. The molecule has 1 fully saturated rings. The molecule has 8 nitrogen and oxygen atoms in total. The van der Waals surface area contributed by atoms with Crippen LogP contribution in [-0.4, -0.2) is 61.6 Å². The van der Waals surface area contributed by atoms with Gasteiger partial charge in [0.05, 0.1) is 6.20 Å². The fourth-order valence-electron chi connectivity index (χ4n) is 6.12. The van der Waals surface area contributed by atoms with Gasteiger partial charge in [0.25, 0.3) is 5.56 Å². The molecule has 0 aliphatic carbocycles. The molecule has 6 rings (SSSR count). The van der Waals surface area contributed by atoms with E-state index in [1.807, 2.05) is 36.1 Å². The number of hydrogen-bond donors (Lipinski definition) is 1. The van der Waals surface area contributed by atoms with Crippen LogP contribution in [0.4, 0.5) is 4.39 Å². The summed E-state index contributed by atoms with van der Waals surface area (Å²) < 4.78 is 15.3. The van der Waals surface area contributed by atoms with Gasteiger partial charge in [0, 0.05) is 47.7 Å². The number of amides is 1. The zero-order valence-electron chi connectivity index (χ0n) is 27.5. The maximum atomic E-state index is 14.2. The van der Waals surface area contributed by atoms with Gasteiger partial charge in [-0.1, -0.05) is 78.8 Å². The van der Waals surface area contributed by atoms with Crippen LogP contribution in [0.2, 0.25) is 5.02 Å². The Morgan fingerprint density at radius 3 is 2.35 bits per heavy atom. The predicted octanol–water partition coefficient (Wildman–Crippen LogP) is 7.38. The van der Waals surface area contributed by atoms with Crippen molar-refractivity contribution in [2.24, 2.45) is 0 Å². The van der Waals surface area contributed by atoms with Gasteiger partial charge in [-0.2, -0.15) is 10.1 Å². The number of carbonyl (C=O) groups is 1. The molecule has 2 aromatic heterocycles. The molecule has 3 aromatic carbocycles. The van der Waals surface area contributed by atoms with Gasteiger partial charge in [-0.15, -0.1) is 0 Å². The molecule has 1 unspecified atom stereocenters. The number of hydrogen-bond acceptors (Lipinski definition) is 6. The average Bonchev–Trinajstić information content (AvgIpc) is 3.84. The smallest absolute Gasteiger partial charge is 0.277 e. The number of aromatic nitrogens is 4. The minimum absolute atomic E-state index is 0.0245. The molecule has 0 bridgehead atoms. The summed E-state index contributed by atoms with van der Waals surface area (Å²) in [5.74, 6) is -0.167. The first-order chi connectivity index (χ1) is 23.8. The van der Waals surface area contributed by atoms with E-state index in [-0.39, 0.29) is 29.7 Å². The fourth-order valence-corrected chi connectivity index (χ4v) is 7.16. The van der Waals surface area contributed by atoms with E-state index >= 15 is 0 Å². The van der Waals surface area contributed by atoms with Crippen LogP contribution in [0, 0.1) is 5.82 Å². The van der Waals surface area contributed by atoms with Crippen molar-refractivity contribution in [1.82, 2.24) is 29.5 Å². The van der Waals surface area contributed by atoms with E-state index in [1.54, 1.807) is 35.3 Å². The number of thioether (sulfide) groups is 1. The first-order valence-corrected chi connectivity index (χ1v) is 18.0. The highest BCUT2D eigenvalue weighted by atomic mass is 35.5. The summed E-state index contributed by atoms with van der Waals surface area (Å²) in [6.45, 7) is 6.19. The quantitative estimate of drug-likeness (QED) is 0.0962. The molecule has 1 aliphatic heterocycles. The Morgan fingerprint density at radius 1 is 1.00 bits per heavy atom. The normalized spacial score (nSPS) is 13.9. The van der Waals surface area contributed by atoms with E-state index in [9.17, 15) is 14.0 Å². The van der Waals surface area contributed by atoms with Crippen molar-refractivity contribution in [2.45, 2.75) is 56.1 Å². The number of H-pyrrole nitrogens is 1. The van der Waals surface area contributed by atoms with Crippen molar-refractivity contribution in [2.75, 3.05) is 26.2 Å². The zero-order chi connectivity index (χ0) is 34.2. The number of halogens is 2. The zero-order valence-corrected chi connectivity index (χ0v) is 29.1. The van der Waals surface area contributed by atoms with Gasteiger partial charge in [-0.05, 0) is 91.0 Å². The number of benzene rings is 3. The van der Waals surface area contributed by atoms with Crippen LogP contribution >= 0.6 is 23.4 Å². The second-order valence-electron chi connectivity index (χ2n) is 12.5. The Hall–Kier alpha value is -4.25. The van der Waals surface area contributed by atoms with Gasteiger partial charge >= 0.3 is 0 Å². The van der Waals surface area contributed by atoms with Gasteiger partial charge in [0.15, 0.2) is 5.16 Å². The molecule has 49 heavy (non-hydrogen) atoms. The third-order valence-corrected chi connectivity index (χ3v) is 10.3. The summed E-state index contributed by atoms with van der Waals surface area (Å²) >= 11 is 7.44. The minimum Gasteiger partial charge on any atom is -0.337 e. The maximum absolute atomic E-state index is 14.2. The Balaban J connectivity index is 1.25. The van der Waals surface area contributed by atoms with Crippen LogP contribution in [0.25, 0.3) is 11.1 Å². The highest BCUT2D eigenvalue weighted by molar-refractivity contribution is 7.98. The molecule has 0 radical (unpaired) electrons. The van der Waals surface area contributed by atoms with Crippen molar-refractivity contribution in [3.8, 4) is 11.1 Å². The Morgan fingerprint density at radius 2 is 1.67 bits per heavy atom. The number of rotatable bonds is 14. The van der Waals surface area contributed by atoms with Crippen LogP contribution in [0.5, 0.6) is 0 Å². The van der Waals surface area contributed by atoms with Crippen molar-refractivity contribution >= 4 is 29.3 Å². The lowest BCUT2D eigenvalue weighted by Crippen LogP contribution is -2.36. The van der Waals surface area contributed by atoms with Crippen LogP contribution in [0.1, 0.15) is 54.4 Å². The van der Waals surface area contributed by atoms with Crippen LogP contribution in [0.15, 0.2) is 101 Å². The third kappa shape index (κ3) is 9.26. The lowest BCUT2D eigenvalue weighted by atomic mass is 9.98. The number of carbonyl (C=O) groups excluding carboxylic acids is 1. The molecular weight excluding hydrogens is 659 g/mol. The molecule has 1 aliphatic rings. The largest absolute Gasteiger partial charge is 0.337 e. The van der Waals surface area contributed by atoms with E-state index in [2.05, 4.69) is 44.3 Å². The monoisotopic (exact) mass is 698 g/mol. The average molecular weight is 699 g/mol. The molecule has 254 valence electrons. The first-order valence-electron chi connectivity index (χ1n) is 16.6. The molecule has 1 amide bonds. The number of aromatic amines is 1. The Labute approximate surface area is 295 Å². The van der Waals surface area contributed by atoms with Crippen molar-refractivity contribution in [3.63, 3.8) is 0 Å². The fraction of sp³-hybridized carbons (Fsp3) is 0.316. The highest BCUT2D eigenvalue weighted by Crippen LogP contribution is 2.26. The SMILES string of the molecule is CC(c1cn[nH]c1)c1cn(CC(=O)N(CCCN2CCCC2)Cc2ccc(-c3ccc(Cl)cc3)cc2)c(SCc2ccc(F)cc2)nc1=O. The van der Waals surface area contributed by atoms with Crippen LogP contribution in [0.3, 0.4) is 0 Å². The van der Waals surface area contributed by atoms with Crippen molar-refractivity contribution in [3.05, 3.63) is 135 Å². The molecule has 1 saturated heterocycles. The summed E-state index contributed by atoms with van der Waals surface area (Å²) in [7, 11) is 0. The van der Waals surface area contributed by atoms with Gasteiger partial charge in [0.1, 0.15) is 12.4 Å². The molecule has 3 heterocycles. The second-order valence-corrected chi connectivity index (χ2v) is 13.9. The predicted molar refractivity (Wildman–Crippen MR) is 193 cm³/mol. The topological polar surface area (TPSA) is 87.1 Å². The number of nitrogens with zero attached hydrogens (tertiary/aromatic N) is 5. The molecule has 5 aromatic rings. The molecule has 1 N–H and O–H groups in total. The number of likely N-dealkylation sites (tertiary alicyclic amines) is 1. The summed E-state index contributed by atoms with van der Waals surface area (Å²) in [6.07, 6.45) is 8.53. The summed E-state index contributed by atoms with van der Waals surface area (Å²) in [5.41, 5.74) is 5.07. The maximum Gasteiger partial charge on any atom is 0.277 e. The summed E-state index contributed by atoms with van der Waals surface area (Å²) in [5, 5.41) is 8.00. The van der Waals surface area contributed by atoms with Gasteiger partial charge < -0.3 is 14.4 Å². The molecular formula is C38H40ClFN6O2S. The van der Waals surface area contributed by atoms with Gasteiger partial charge in [0.2, 0.25) is 5.91 Å². The molecule has 1 atom stereocenters. The van der Waals surface area contributed by atoms with E-state index in [0.717, 1.165) is 53.9 Å². The molecule has 11 heteroatoms. The number of nitrogens with one attached hydrogen (secondary N) is 1. The van der Waals surface area contributed by atoms with Gasteiger partial charge in [-0.3, -0.25) is 14.7 Å². The highest BCUT2D eigenvalue weighted by Gasteiger charge is 2.22. The van der Waals surface area contributed by atoms with Crippen LogP contribution in [-0.2, 0) is 23.6 Å². The van der Waals surface area contributed by atoms with Crippen LogP contribution < -0.4 is 5.56 Å². The summed E-state index contributed by atoms with van der Waals surface area (Å²) in [6, 6.07) is 22.3. The van der Waals surface area contributed by atoms with E-state index in [1.165, 1.54) is 36.7 Å². The van der Waals surface area contributed by atoms with E-state index in [4.69, 9.17) is 11.6 Å². The lowest BCUT2D eigenvalue weighted by Gasteiger charge is -2.26. The van der Waals surface area contributed by atoms with E-state index in [0.29, 0.717) is 34.6 Å². The van der Waals surface area contributed by atoms with E-state index < -0.39 is 0 Å². The third-order valence-electron chi connectivity index (χ3n) is 9.02.